The van der Waals surface area contributed by atoms with E-state index in [0.717, 1.165) is 18.6 Å². The van der Waals surface area contributed by atoms with Gasteiger partial charge in [0.05, 0.1) is 13.7 Å². The molecule has 0 heterocycles. The number of methoxy groups -OCH3 is 1. The molecule has 0 atom stereocenters. The maximum absolute atomic E-state index is 5.19. The Morgan fingerprint density at radius 3 is 2.60 bits per heavy atom. The van der Waals surface area contributed by atoms with E-state index in [1.165, 1.54) is 11.1 Å². The number of aryl methyl sites for hydroxylation is 1. The Hall–Kier alpha value is -1.06. The highest BCUT2D eigenvalue weighted by Crippen LogP contribution is 2.49. The lowest BCUT2D eigenvalue weighted by atomic mass is 9.92. The molecule has 1 aromatic rings. The van der Waals surface area contributed by atoms with Crippen LogP contribution in [0.15, 0.2) is 18.2 Å². The molecule has 0 saturated heterocycles. The fourth-order valence-corrected chi connectivity index (χ4v) is 2.16. The van der Waals surface area contributed by atoms with Crippen LogP contribution >= 0.6 is 0 Å². The predicted molar refractivity (Wildman–Crippen MR) is 58.8 cm³/mol. The van der Waals surface area contributed by atoms with Crippen molar-refractivity contribution in [2.24, 2.45) is 5.90 Å². The molecular weight excluding hydrogens is 190 g/mol. The van der Waals surface area contributed by atoms with Crippen LogP contribution in [0.2, 0.25) is 0 Å². The summed E-state index contributed by atoms with van der Waals surface area (Å²) in [5.41, 5.74) is 2.77. The molecule has 0 amide bonds. The van der Waals surface area contributed by atoms with Crippen molar-refractivity contribution in [3.8, 4) is 5.75 Å². The molecule has 1 aliphatic carbocycles. The van der Waals surface area contributed by atoms with Crippen LogP contribution in [0.25, 0.3) is 0 Å². The Morgan fingerprint density at radius 1 is 1.40 bits per heavy atom. The van der Waals surface area contributed by atoms with Crippen molar-refractivity contribution in [1.82, 2.24) is 0 Å². The lowest BCUT2D eigenvalue weighted by molar-refractivity contribution is 0.116. The average molecular weight is 207 g/mol. The van der Waals surface area contributed by atoms with Crippen molar-refractivity contribution in [1.29, 1.82) is 0 Å². The second kappa shape index (κ2) is 3.83. The minimum Gasteiger partial charge on any atom is -0.497 e. The zero-order chi connectivity index (χ0) is 10.9. The molecule has 0 aromatic heterocycles. The van der Waals surface area contributed by atoms with Gasteiger partial charge in [-0.1, -0.05) is 6.07 Å². The minimum atomic E-state index is 0.172. The topological polar surface area (TPSA) is 44.5 Å². The van der Waals surface area contributed by atoms with E-state index in [4.69, 9.17) is 15.5 Å². The fourth-order valence-electron chi connectivity index (χ4n) is 2.16. The van der Waals surface area contributed by atoms with Crippen LogP contribution in [0, 0.1) is 6.92 Å². The predicted octanol–water partition coefficient (Wildman–Crippen LogP) is 1.93. The summed E-state index contributed by atoms with van der Waals surface area (Å²) in [7, 11) is 1.68. The molecule has 0 spiro atoms. The van der Waals surface area contributed by atoms with Crippen molar-refractivity contribution in [2.45, 2.75) is 25.2 Å². The van der Waals surface area contributed by atoms with Gasteiger partial charge >= 0.3 is 0 Å². The van der Waals surface area contributed by atoms with Gasteiger partial charge in [0.15, 0.2) is 0 Å². The number of hydrogen-bond acceptors (Lipinski definition) is 3. The number of benzene rings is 1. The molecule has 1 aliphatic rings. The third-order valence-electron chi connectivity index (χ3n) is 3.22. The monoisotopic (exact) mass is 207 g/mol. The van der Waals surface area contributed by atoms with Crippen LogP contribution in [0.1, 0.15) is 24.0 Å². The Labute approximate surface area is 90.1 Å². The summed E-state index contributed by atoms with van der Waals surface area (Å²) < 4.78 is 5.19. The first-order valence-electron chi connectivity index (χ1n) is 5.19. The van der Waals surface area contributed by atoms with Crippen molar-refractivity contribution in [3.05, 3.63) is 29.3 Å². The first kappa shape index (κ1) is 10.5. The van der Waals surface area contributed by atoms with E-state index in [9.17, 15) is 0 Å². The van der Waals surface area contributed by atoms with Gasteiger partial charge in [0.2, 0.25) is 0 Å². The molecule has 15 heavy (non-hydrogen) atoms. The van der Waals surface area contributed by atoms with E-state index in [1.54, 1.807) is 7.11 Å². The molecule has 0 bridgehead atoms. The number of rotatable bonds is 4. The molecular formula is C12H17NO2. The van der Waals surface area contributed by atoms with Gasteiger partial charge in [-0.2, -0.15) is 0 Å². The average Bonchev–Trinajstić information content (AvgIpc) is 2.99. The van der Waals surface area contributed by atoms with Crippen LogP contribution in [-0.2, 0) is 10.3 Å². The zero-order valence-electron chi connectivity index (χ0n) is 9.25. The molecule has 2 N–H and O–H groups in total. The largest absolute Gasteiger partial charge is 0.497 e. The highest BCUT2D eigenvalue weighted by atomic mass is 16.6. The van der Waals surface area contributed by atoms with Crippen LogP contribution in [-0.4, -0.2) is 13.7 Å². The van der Waals surface area contributed by atoms with Crippen molar-refractivity contribution in [3.63, 3.8) is 0 Å². The lowest BCUT2D eigenvalue weighted by Gasteiger charge is -2.17. The van der Waals surface area contributed by atoms with Crippen LogP contribution < -0.4 is 10.6 Å². The quantitative estimate of drug-likeness (QED) is 0.767. The summed E-state index contributed by atoms with van der Waals surface area (Å²) in [5.74, 6) is 6.08. The van der Waals surface area contributed by atoms with Crippen LogP contribution in [0.5, 0.6) is 5.75 Å². The van der Waals surface area contributed by atoms with Crippen LogP contribution in [0.3, 0.4) is 0 Å². The SMILES string of the molecule is COc1ccc(C2(CON)CC2)c(C)c1. The number of ether oxygens (including phenoxy) is 1. The molecule has 0 radical (unpaired) electrons. The minimum absolute atomic E-state index is 0.172. The normalized spacial score (nSPS) is 17.5. The fraction of sp³-hybridized carbons (Fsp3) is 0.500. The van der Waals surface area contributed by atoms with E-state index < -0.39 is 0 Å². The first-order valence-corrected chi connectivity index (χ1v) is 5.19. The van der Waals surface area contributed by atoms with E-state index in [0.29, 0.717) is 6.61 Å². The molecule has 3 nitrogen and oxygen atoms in total. The molecule has 82 valence electrons. The first-order chi connectivity index (χ1) is 7.22. The standard InChI is InChI=1S/C12H17NO2/c1-9-7-10(14-2)3-4-11(9)12(5-6-12)8-15-13/h3-4,7H,5-6,8,13H2,1-2H3. The summed E-state index contributed by atoms with van der Waals surface area (Å²) in [6, 6.07) is 6.19. The molecule has 1 saturated carbocycles. The van der Waals surface area contributed by atoms with Gasteiger partial charge in [0, 0.05) is 5.41 Å². The van der Waals surface area contributed by atoms with Gasteiger partial charge in [-0.25, -0.2) is 5.90 Å². The van der Waals surface area contributed by atoms with Crippen molar-refractivity contribution in [2.75, 3.05) is 13.7 Å². The van der Waals surface area contributed by atoms with Gasteiger partial charge in [0.25, 0.3) is 0 Å². The molecule has 3 heteroatoms. The maximum Gasteiger partial charge on any atom is 0.119 e. The molecule has 2 rings (SSSR count). The highest BCUT2D eigenvalue weighted by molar-refractivity contribution is 5.42. The molecule has 1 fully saturated rings. The lowest BCUT2D eigenvalue weighted by Crippen LogP contribution is -2.19. The zero-order valence-corrected chi connectivity index (χ0v) is 9.25. The van der Waals surface area contributed by atoms with E-state index in [1.807, 2.05) is 6.07 Å². The van der Waals surface area contributed by atoms with Crippen LogP contribution in [0.4, 0.5) is 0 Å². The Bertz CT molecular complexity index is 359. The smallest absolute Gasteiger partial charge is 0.119 e. The van der Waals surface area contributed by atoms with Crippen molar-refractivity contribution < 1.29 is 9.57 Å². The summed E-state index contributed by atoms with van der Waals surface area (Å²) in [4.78, 5) is 4.80. The molecule has 0 unspecified atom stereocenters. The van der Waals surface area contributed by atoms with Gasteiger partial charge < -0.3 is 9.57 Å². The Morgan fingerprint density at radius 2 is 2.13 bits per heavy atom. The number of hydrogen-bond donors (Lipinski definition) is 1. The summed E-state index contributed by atoms with van der Waals surface area (Å²) >= 11 is 0. The Balaban J connectivity index is 2.29. The van der Waals surface area contributed by atoms with Gasteiger partial charge in [-0.05, 0) is 43.0 Å². The van der Waals surface area contributed by atoms with Gasteiger partial charge in [0.1, 0.15) is 5.75 Å². The molecule has 1 aromatic carbocycles. The number of nitrogens with two attached hydrogens (primary N) is 1. The second-order valence-electron chi connectivity index (χ2n) is 4.27. The molecule has 0 aliphatic heterocycles. The third kappa shape index (κ3) is 1.85. The van der Waals surface area contributed by atoms with E-state index in [2.05, 4.69) is 19.1 Å². The van der Waals surface area contributed by atoms with Gasteiger partial charge in [-0.3, -0.25) is 0 Å². The summed E-state index contributed by atoms with van der Waals surface area (Å²) in [6.07, 6.45) is 2.33. The third-order valence-corrected chi connectivity index (χ3v) is 3.22. The second-order valence-corrected chi connectivity index (χ2v) is 4.27. The van der Waals surface area contributed by atoms with Gasteiger partial charge in [-0.15, -0.1) is 0 Å². The maximum atomic E-state index is 5.19. The summed E-state index contributed by atoms with van der Waals surface area (Å²) in [6.45, 7) is 2.72. The van der Waals surface area contributed by atoms with E-state index >= 15 is 0 Å². The Kier molecular flexibility index (Phi) is 2.67. The van der Waals surface area contributed by atoms with E-state index in [-0.39, 0.29) is 5.41 Å². The summed E-state index contributed by atoms with van der Waals surface area (Å²) in [5, 5.41) is 0. The van der Waals surface area contributed by atoms with Crippen molar-refractivity contribution >= 4 is 0 Å². The highest BCUT2D eigenvalue weighted by Gasteiger charge is 2.45.